The third kappa shape index (κ3) is 3.64. The predicted octanol–water partition coefficient (Wildman–Crippen LogP) is 1.77. The lowest BCUT2D eigenvalue weighted by atomic mass is 9.92. The van der Waals surface area contributed by atoms with E-state index in [4.69, 9.17) is 5.73 Å². The molecule has 0 radical (unpaired) electrons. The normalized spacial score (nSPS) is 19.8. The van der Waals surface area contributed by atoms with Crippen molar-refractivity contribution < 1.29 is 0 Å². The van der Waals surface area contributed by atoms with Gasteiger partial charge in [-0.3, -0.25) is 0 Å². The topological polar surface area (TPSA) is 38.0 Å². The van der Waals surface area contributed by atoms with Crippen molar-refractivity contribution in [1.29, 1.82) is 0 Å². The molecule has 82 valence electrons. The average Bonchev–Trinajstić information content (AvgIpc) is 2.09. The molecule has 1 aliphatic carbocycles. The fraction of sp³-hybridized carbons (Fsp3) is 0.818. The Morgan fingerprint density at radius 2 is 2.29 bits per heavy atom. The van der Waals surface area contributed by atoms with Crippen LogP contribution in [-0.2, 0) is 0 Å². The molecule has 3 N–H and O–H groups in total. The standard InChI is InChI=1S/C11H22N2S/c1-13-8-10(12)6-7-11(14-2)9-4-3-5-9/h4,10-11,13H,3,5-8,12H2,1-2H3. The zero-order valence-corrected chi connectivity index (χ0v) is 10.1. The fourth-order valence-corrected chi connectivity index (χ4v) is 2.68. The highest BCUT2D eigenvalue weighted by Gasteiger charge is 2.17. The van der Waals surface area contributed by atoms with Crippen LogP contribution in [0.15, 0.2) is 11.6 Å². The summed E-state index contributed by atoms with van der Waals surface area (Å²) in [5.41, 5.74) is 7.60. The van der Waals surface area contributed by atoms with Crippen LogP contribution in [0.5, 0.6) is 0 Å². The predicted molar refractivity (Wildman–Crippen MR) is 65.8 cm³/mol. The summed E-state index contributed by atoms with van der Waals surface area (Å²) < 4.78 is 0. The molecule has 0 bridgehead atoms. The third-order valence-electron chi connectivity index (χ3n) is 2.80. The zero-order valence-electron chi connectivity index (χ0n) is 9.25. The molecule has 0 fully saturated rings. The molecular formula is C11H22N2S. The van der Waals surface area contributed by atoms with Gasteiger partial charge in [-0.1, -0.05) is 11.6 Å². The second-order valence-corrected chi connectivity index (χ2v) is 4.98. The van der Waals surface area contributed by atoms with Crippen molar-refractivity contribution >= 4 is 11.8 Å². The number of nitrogens with two attached hydrogens (primary N) is 1. The molecule has 2 unspecified atom stereocenters. The molecule has 0 aromatic heterocycles. The van der Waals surface area contributed by atoms with Crippen LogP contribution in [0.4, 0.5) is 0 Å². The Hall–Kier alpha value is 0.01000. The van der Waals surface area contributed by atoms with Crippen molar-refractivity contribution in [2.75, 3.05) is 19.8 Å². The van der Waals surface area contributed by atoms with Gasteiger partial charge in [-0.2, -0.15) is 11.8 Å². The SMILES string of the molecule is CNCC(N)CCC(SC)C1=CCC1. The second kappa shape index (κ2) is 6.49. The summed E-state index contributed by atoms with van der Waals surface area (Å²) in [4.78, 5) is 0. The first-order chi connectivity index (χ1) is 6.77. The van der Waals surface area contributed by atoms with Gasteiger partial charge in [-0.05, 0) is 39.0 Å². The summed E-state index contributed by atoms with van der Waals surface area (Å²) in [6.07, 6.45) is 9.54. The van der Waals surface area contributed by atoms with Crippen molar-refractivity contribution in [3.8, 4) is 0 Å². The van der Waals surface area contributed by atoms with E-state index >= 15 is 0 Å². The Bertz CT molecular complexity index is 192. The minimum absolute atomic E-state index is 0.315. The molecule has 0 saturated heterocycles. The van der Waals surface area contributed by atoms with Gasteiger partial charge in [-0.25, -0.2) is 0 Å². The van der Waals surface area contributed by atoms with E-state index in [1.54, 1.807) is 5.57 Å². The minimum atomic E-state index is 0.315. The fourth-order valence-electron chi connectivity index (χ4n) is 1.79. The molecule has 0 spiro atoms. The smallest absolute Gasteiger partial charge is 0.0254 e. The van der Waals surface area contributed by atoms with Gasteiger partial charge in [0.15, 0.2) is 0 Å². The summed E-state index contributed by atoms with van der Waals surface area (Å²) in [5.74, 6) is 0. The van der Waals surface area contributed by atoms with E-state index in [0.29, 0.717) is 6.04 Å². The first kappa shape index (κ1) is 12.1. The van der Waals surface area contributed by atoms with Crippen LogP contribution in [0, 0.1) is 0 Å². The van der Waals surface area contributed by atoms with Crippen LogP contribution in [-0.4, -0.2) is 31.1 Å². The summed E-state index contributed by atoms with van der Waals surface area (Å²) >= 11 is 1.97. The Morgan fingerprint density at radius 1 is 1.57 bits per heavy atom. The molecule has 3 heteroatoms. The van der Waals surface area contributed by atoms with Crippen molar-refractivity contribution in [2.24, 2.45) is 5.73 Å². The molecule has 0 saturated carbocycles. The number of thioether (sulfide) groups is 1. The molecular weight excluding hydrogens is 192 g/mol. The number of hydrogen-bond acceptors (Lipinski definition) is 3. The van der Waals surface area contributed by atoms with E-state index in [0.717, 1.165) is 18.2 Å². The molecule has 14 heavy (non-hydrogen) atoms. The molecule has 0 aromatic carbocycles. The Morgan fingerprint density at radius 3 is 2.71 bits per heavy atom. The lowest BCUT2D eigenvalue weighted by molar-refractivity contribution is 0.550. The third-order valence-corrected chi connectivity index (χ3v) is 3.91. The van der Waals surface area contributed by atoms with Gasteiger partial charge in [-0.15, -0.1) is 0 Å². The number of nitrogens with one attached hydrogen (secondary N) is 1. The Balaban J connectivity index is 2.20. The zero-order chi connectivity index (χ0) is 10.4. The molecule has 0 aromatic rings. The van der Waals surface area contributed by atoms with E-state index in [-0.39, 0.29) is 0 Å². The van der Waals surface area contributed by atoms with Crippen molar-refractivity contribution in [3.05, 3.63) is 11.6 Å². The van der Waals surface area contributed by atoms with Gasteiger partial charge in [0, 0.05) is 17.8 Å². The van der Waals surface area contributed by atoms with Gasteiger partial charge >= 0.3 is 0 Å². The second-order valence-electron chi connectivity index (χ2n) is 3.94. The highest BCUT2D eigenvalue weighted by molar-refractivity contribution is 7.99. The van der Waals surface area contributed by atoms with Crippen LogP contribution in [0.1, 0.15) is 25.7 Å². The van der Waals surface area contributed by atoms with E-state index < -0.39 is 0 Å². The Kier molecular flexibility index (Phi) is 5.60. The Labute approximate surface area is 91.7 Å². The number of hydrogen-bond donors (Lipinski definition) is 2. The highest BCUT2D eigenvalue weighted by Crippen LogP contribution is 2.31. The molecule has 2 nitrogen and oxygen atoms in total. The van der Waals surface area contributed by atoms with Gasteiger partial charge in [0.2, 0.25) is 0 Å². The summed E-state index contributed by atoms with van der Waals surface area (Å²) in [7, 11) is 1.96. The maximum atomic E-state index is 5.96. The molecule has 1 rings (SSSR count). The molecule has 0 aliphatic heterocycles. The molecule has 0 amide bonds. The van der Waals surface area contributed by atoms with Gasteiger partial charge in [0.05, 0.1) is 0 Å². The van der Waals surface area contributed by atoms with Crippen molar-refractivity contribution in [1.82, 2.24) is 5.32 Å². The molecule has 1 aliphatic rings. The lowest BCUT2D eigenvalue weighted by Crippen LogP contribution is -2.32. The first-order valence-corrected chi connectivity index (χ1v) is 6.68. The van der Waals surface area contributed by atoms with Crippen molar-refractivity contribution in [3.63, 3.8) is 0 Å². The average molecular weight is 214 g/mol. The van der Waals surface area contributed by atoms with E-state index in [1.165, 1.54) is 19.3 Å². The van der Waals surface area contributed by atoms with Crippen LogP contribution in [0.3, 0.4) is 0 Å². The number of likely N-dealkylation sites (N-methyl/N-ethyl adjacent to an activating group) is 1. The van der Waals surface area contributed by atoms with E-state index in [9.17, 15) is 0 Å². The quantitative estimate of drug-likeness (QED) is 0.634. The number of rotatable bonds is 7. The van der Waals surface area contributed by atoms with Crippen LogP contribution >= 0.6 is 11.8 Å². The maximum Gasteiger partial charge on any atom is 0.0254 e. The maximum absolute atomic E-state index is 5.96. The first-order valence-electron chi connectivity index (χ1n) is 5.39. The van der Waals surface area contributed by atoms with Gasteiger partial charge in [0.1, 0.15) is 0 Å². The monoisotopic (exact) mass is 214 g/mol. The summed E-state index contributed by atoms with van der Waals surface area (Å²) in [5, 5.41) is 3.85. The minimum Gasteiger partial charge on any atom is -0.327 e. The van der Waals surface area contributed by atoms with E-state index in [1.807, 2.05) is 18.8 Å². The molecule has 2 atom stereocenters. The highest BCUT2D eigenvalue weighted by atomic mass is 32.2. The van der Waals surface area contributed by atoms with Gasteiger partial charge < -0.3 is 11.1 Å². The van der Waals surface area contributed by atoms with Crippen LogP contribution in [0.25, 0.3) is 0 Å². The summed E-state index contributed by atoms with van der Waals surface area (Å²) in [6, 6.07) is 0.315. The summed E-state index contributed by atoms with van der Waals surface area (Å²) in [6.45, 7) is 0.931. The van der Waals surface area contributed by atoms with Gasteiger partial charge in [0.25, 0.3) is 0 Å². The lowest BCUT2D eigenvalue weighted by Gasteiger charge is -2.24. The van der Waals surface area contributed by atoms with Crippen molar-refractivity contribution in [2.45, 2.75) is 37.0 Å². The van der Waals surface area contributed by atoms with Crippen LogP contribution in [0.2, 0.25) is 0 Å². The van der Waals surface area contributed by atoms with Crippen LogP contribution < -0.4 is 11.1 Å². The number of allylic oxidation sites excluding steroid dienone is 1. The molecule has 0 heterocycles. The largest absolute Gasteiger partial charge is 0.327 e. The van der Waals surface area contributed by atoms with E-state index in [2.05, 4.69) is 17.6 Å².